The van der Waals surface area contributed by atoms with Gasteiger partial charge in [0, 0.05) is 38.4 Å². The van der Waals surface area contributed by atoms with E-state index >= 15 is 0 Å². The lowest BCUT2D eigenvalue weighted by Gasteiger charge is -2.31. The van der Waals surface area contributed by atoms with Crippen LogP contribution in [0.3, 0.4) is 0 Å². The van der Waals surface area contributed by atoms with Gasteiger partial charge in [0.2, 0.25) is 0 Å². The number of aromatic nitrogens is 2. The fraction of sp³-hybridized carbons (Fsp3) is 0.400. The van der Waals surface area contributed by atoms with Crippen molar-refractivity contribution in [2.24, 2.45) is 12.8 Å². The fourth-order valence-corrected chi connectivity index (χ4v) is 2.88. The maximum Gasteiger partial charge on any atom is 0.289 e. The molecule has 1 fully saturated rings. The Bertz CT molecular complexity index is 703. The van der Waals surface area contributed by atoms with Gasteiger partial charge < -0.3 is 19.6 Å². The lowest BCUT2D eigenvalue weighted by atomic mass is 9.97. The smallest absolute Gasteiger partial charge is 0.289 e. The summed E-state index contributed by atoms with van der Waals surface area (Å²) in [4.78, 5) is 29.7. The van der Waals surface area contributed by atoms with Crippen LogP contribution in [0.1, 0.15) is 45.7 Å². The average molecular weight is 302 g/mol. The van der Waals surface area contributed by atoms with Gasteiger partial charge in [-0.3, -0.25) is 9.59 Å². The first-order valence-corrected chi connectivity index (χ1v) is 7.22. The van der Waals surface area contributed by atoms with Crippen molar-refractivity contribution in [2.45, 2.75) is 18.8 Å². The molecule has 2 N–H and O–H groups in total. The van der Waals surface area contributed by atoms with E-state index in [9.17, 15) is 9.59 Å². The number of nitrogens with zero attached hydrogens (tertiary/aromatic N) is 3. The zero-order chi connectivity index (χ0) is 15.7. The maximum atomic E-state index is 12.5. The molecule has 2 amide bonds. The van der Waals surface area contributed by atoms with Gasteiger partial charge in [-0.15, -0.1) is 0 Å². The number of furan rings is 1. The van der Waals surface area contributed by atoms with Crippen molar-refractivity contribution >= 4 is 11.8 Å². The van der Waals surface area contributed by atoms with Gasteiger partial charge in [0.1, 0.15) is 5.82 Å². The Balaban J connectivity index is 1.75. The Labute approximate surface area is 127 Å². The van der Waals surface area contributed by atoms with Crippen LogP contribution in [-0.2, 0) is 7.05 Å². The zero-order valence-electron chi connectivity index (χ0n) is 12.4. The molecule has 2 aromatic heterocycles. The van der Waals surface area contributed by atoms with Gasteiger partial charge in [-0.05, 0) is 25.0 Å². The predicted molar refractivity (Wildman–Crippen MR) is 78.3 cm³/mol. The molecule has 2 aromatic rings. The van der Waals surface area contributed by atoms with Gasteiger partial charge in [-0.2, -0.15) is 0 Å². The van der Waals surface area contributed by atoms with Gasteiger partial charge in [0.15, 0.2) is 11.5 Å². The number of likely N-dealkylation sites (tertiary alicyclic amines) is 1. The summed E-state index contributed by atoms with van der Waals surface area (Å²) in [6.07, 6.45) is 5.58. The van der Waals surface area contributed by atoms with E-state index in [1.165, 1.54) is 12.1 Å². The fourth-order valence-electron chi connectivity index (χ4n) is 2.88. The number of imidazole rings is 1. The van der Waals surface area contributed by atoms with Crippen LogP contribution in [0.5, 0.6) is 0 Å². The van der Waals surface area contributed by atoms with E-state index in [-0.39, 0.29) is 23.3 Å². The molecule has 3 heterocycles. The standard InChI is InChI=1S/C15H18N4O3/c1-18-8-6-17-14(18)10-3-2-7-19(9-10)15(21)12-5-4-11(22-12)13(16)20/h4-6,8,10H,2-3,7,9H2,1H3,(H2,16,20). The SMILES string of the molecule is Cn1ccnc1C1CCCN(C(=O)c2ccc(C(N)=O)o2)C1. The highest BCUT2D eigenvalue weighted by atomic mass is 16.4. The average Bonchev–Trinajstić information content (AvgIpc) is 3.15. The molecule has 1 unspecified atom stereocenters. The summed E-state index contributed by atoms with van der Waals surface area (Å²) < 4.78 is 7.21. The van der Waals surface area contributed by atoms with Crippen LogP contribution < -0.4 is 5.73 Å². The summed E-state index contributed by atoms with van der Waals surface area (Å²) in [5.41, 5.74) is 5.14. The first kappa shape index (κ1) is 14.4. The number of rotatable bonds is 3. The number of amides is 2. The summed E-state index contributed by atoms with van der Waals surface area (Å²) in [5.74, 6) is 0.448. The van der Waals surface area contributed by atoms with Crippen molar-refractivity contribution in [2.75, 3.05) is 13.1 Å². The van der Waals surface area contributed by atoms with Crippen molar-refractivity contribution in [1.82, 2.24) is 14.5 Å². The highest BCUT2D eigenvalue weighted by Crippen LogP contribution is 2.26. The third-order valence-electron chi connectivity index (χ3n) is 3.99. The van der Waals surface area contributed by atoms with E-state index in [1.54, 1.807) is 11.1 Å². The Morgan fingerprint density at radius 1 is 1.36 bits per heavy atom. The largest absolute Gasteiger partial charge is 0.446 e. The minimum absolute atomic E-state index is 0.000936. The third kappa shape index (κ3) is 2.61. The molecule has 0 aromatic carbocycles. The second kappa shape index (κ2) is 5.67. The predicted octanol–water partition coefficient (Wildman–Crippen LogP) is 1.13. The number of carbonyl (C=O) groups is 2. The molecular weight excluding hydrogens is 284 g/mol. The number of piperidine rings is 1. The van der Waals surface area contributed by atoms with Gasteiger partial charge in [-0.25, -0.2) is 4.98 Å². The molecule has 7 nitrogen and oxygen atoms in total. The minimum Gasteiger partial charge on any atom is -0.446 e. The van der Waals surface area contributed by atoms with E-state index in [2.05, 4.69) is 4.98 Å². The molecule has 0 aliphatic carbocycles. The number of hydrogen-bond acceptors (Lipinski definition) is 4. The third-order valence-corrected chi connectivity index (χ3v) is 3.99. The topological polar surface area (TPSA) is 94.4 Å². The van der Waals surface area contributed by atoms with Crippen molar-refractivity contribution in [1.29, 1.82) is 0 Å². The Morgan fingerprint density at radius 2 is 2.14 bits per heavy atom. The van der Waals surface area contributed by atoms with Crippen LogP contribution in [-0.4, -0.2) is 39.4 Å². The second-order valence-corrected chi connectivity index (χ2v) is 5.51. The second-order valence-electron chi connectivity index (χ2n) is 5.51. The van der Waals surface area contributed by atoms with Crippen molar-refractivity contribution in [3.8, 4) is 0 Å². The number of hydrogen-bond donors (Lipinski definition) is 1. The molecule has 0 bridgehead atoms. The molecule has 1 aliphatic heterocycles. The van der Waals surface area contributed by atoms with E-state index in [0.29, 0.717) is 13.1 Å². The molecule has 0 radical (unpaired) electrons. The Hall–Kier alpha value is -2.57. The molecule has 7 heteroatoms. The van der Waals surface area contributed by atoms with E-state index in [4.69, 9.17) is 10.2 Å². The number of aryl methyl sites for hydroxylation is 1. The Morgan fingerprint density at radius 3 is 2.77 bits per heavy atom. The number of carbonyl (C=O) groups excluding carboxylic acids is 2. The normalized spacial score (nSPS) is 18.4. The van der Waals surface area contributed by atoms with Gasteiger partial charge in [0.05, 0.1) is 0 Å². The van der Waals surface area contributed by atoms with E-state index in [0.717, 1.165) is 18.7 Å². The molecule has 3 rings (SSSR count). The van der Waals surface area contributed by atoms with Gasteiger partial charge >= 0.3 is 0 Å². The summed E-state index contributed by atoms with van der Waals surface area (Å²) in [5, 5.41) is 0. The molecule has 0 saturated carbocycles. The lowest BCUT2D eigenvalue weighted by Crippen LogP contribution is -2.39. The lowest BCUT2D eigenvalue weighted by molar-refractivity contribution is 0.0669. The van der Waals surface area contributed by atoms with E-state index < -0.39 is 5.91 Å². The first-order chi connectivity index (χ1) is 10.6. The molecule has 1 atom stereocenters. The number of primary amides is 1. The minimum atomic E-state index is -0.677. The van der Waals surface area contributed by atoms with Crippen LogP contribution in [0.2, 0.25) is 0 Å². The van der Waals surface area contributed by atoms with Crippen LogP contribution in [0.15, 0.2) is 28.9 Å². The van der Waals surface area contributed by atoms with Crippen molar-refractivity contribution < 1.29 is 14.0 Å². The van der Waals surface area contributed by atoms with Crippen LogP contribution >= 0.6 is 0 Å². The zero-order valence-corrected chi connectivity index (χ0v) is 12.4. The summed E-state index contributed by atoms with van der Waals surface area (Å²) in [6.45, 7) is 1.27. The first-order valence-electron chi connectivity index (χ1n) is 7.22. The Kier molecular flexibility index (Phi) is 3.70. The van der Waals surface area contributed by atoms with Gasteiger partial charge in [0.25, 0.3) is 11.8 Å². The van der Waals surface area contributed by atoms with Crippen LogP contribution in [0.4, 0.5) is 0 Å². The monoisotopic (exact) mass is 302 g/mol. The van der Waals surface area contributed by atoms with Crippen LogP contribution in [0.25, 0.3) is 0 Å². The number of nitrogens with two attached hydrogens (primary N) is 1. The highest BCUT2D eigenvalue weighted by molar-refractivity contribution is 5.95. The molecule has 116 valence electrons. The molecule has 1 aliphatic rings. The molecule has 0 spiro atoms. The molecule has 22 heavy (non-hydrogen) atoms. The molecule has 1 saturated heterocycles. The van der Waals surface area contributed by atoms with Crippen molar-refractivity contribution in [3.63, 3.8) is 0 Å². The quantitative estimate of drug-likeness (QED) is 0.919. The highest BCUT2D eigenvalue weighted by Gasteiger charge is 2.29. The van der Waals surface area contributed by atoms with Crippen LogP contribution in [0, 0.1) is 0 Å². The summed E-state index contributed by atoms with van der Waals surface area (Å²) >= 11 is 0. The van der Waals surface area contributed by atoms with E-state index in [1.807, 2.05) is 17.8 Å². The summed E-state index contributed by atoms with van der Waals surface area (Å²) in [6, 6.07) is 2.92. The maximum absolute atomic E-state index is 12.5. The van der Waals surface area contributed by atoms with Crippen molar-refractivity contribution in [3.05, 3.63) is 41.9 Å². The molecular formula is C15H18N4O3. The summed E-state index contributed by atoms with van der Waals surface area (Å²) in [7, 11) is 1.95. The van der Waals surface area contributed by atoms with Gasteiger partial charge in [-0.1, -0.05) is 0 Å².